The van der Waals surface area contributed by atoms with Crippen molar-refractivity contribution in [1.82, 2.24) is 9.97 Å². The van der Waals surface area contributed by atoms with Gasteiger partial charge >= 0.3 is 0 Å². The molecule has 156 valence electrons. The van der Waals surface area contributed by atoms with Gasteiger partial charge in [-0.25, -0.2) is 4.98 Å². The fourth-order valence-electron chi connectivity index (χ4n) is 3.98. The number of aromatic nitrogens is 2. The molecule has 31 heavy (non-hydrogen) atoms. The summed E-state index contributed by atoms with van der Waals surface area (Å²) in [6.07, 6.45) is 6.19. The molecule has 0 saturated carbocycles. The van der Waals surface area contributed by atoms with Gasteiger partial charge in [-0.05, 0) is 67.4 Å². The van der Waals surface area contributed by atoms with Crippen LogP contribution in [0.3, 0.4) is 0 Å². The third-order valence-corrected chi connectivity index (χ3v) is 7.83. The summed E-state index contributed by atoms with van der Waals surface area (Å²) in [6, 6.07) is 13.2. The van der Waals surface area contributed by atoms with Crippen molar-refractivity contribution >= 4 is 48.8 Å². The number of nitrogens with one attached hydrogen (secondary N) is 2. The van der Waals surface area contributed by atoms with Crippen LogP contribution in [0.5, 0.6) is 0 Å². The molecule has 5 rings (SSSR count). The molecular weight excluding hydrogens is 418 g/mol. The van der Waals surface area contributed by atoms with E-state index in [2.05, 4.69) is 89.4 Å². The molecule has 5 aromatic rings. The van der Waals surface area contributed by atoms with Crippen molar-refractivity contribution in [3.63, 3.8) is 0 Å². The average Bonchev–Trinajstić information content (AvgIpc) is 3.48. The van der Waals surface area contributed by atoms with E-state index in [-0.39, 0.29) is 0 Å². The number of hydrogen-bond acceptors (Lipinski definition) is 4. The second-order valence-corrected chi connectivity index (χ2v) is 9.77. The Bertz CT molecular complexity index is 1400. The molecule has 0 aliphatic heterocycles. The zero-order valence-electron chi connectivity index (χ0n) is 18.0. The highest BCUT2D eigenvalue weighted by Crippen LogP contribution is 2.44. The molecule has 0 atom stereocenters. The van der Waals surface area contributed by atoms with Crippen LogP contribution in [0.4, 0.5) is 5.69 Å². The average molecular weight is 444 g/mol. The van der Waals surface area contributed by atoms with Crippen molar-refractivity contribution in [3.05, 3.63) is 70.8 Å². The molecule has 3 heterocycles. The fraction of sp³-hybridized carbons (Fsp3) is 0.192. The topological polar surface area (TPSA) is 40.7 Å². The summed E-state index contributed by atoms with van der Waals surface area (Å²) in [4.78, 5) is 7.56. The minimum absolute atomic E-state index is 1.01. The molecule has 2 aromatic carbocycles. The minimum atomic E-state index is 1.01. The maximum atomic E-state index is 4.34. The first-order chi connectivity index (χ1) is 15.1. The van der Waals surface area contributed by atoms with Gasteiger partial charge in [0.1, 0.15) is 0 Å². The highest BCUT2D eigenvalue weighted by molar-refractivity contribution is 7.27. The zero-order valence-corrected chi connectivity index (χ0v) is 19.6. The number of allylic oxidation sites excluding steroid dienone is 1. The molecule has 2 N–H and O–H groups in total. The normalized spacial score (nSPS) is 12.2. The van der Waals surface area contributed by atoms with E-state index in [0.717, 1.165) is 17.5 Å². The second kappa shape index (κ2) is 8.33. The van der Waals surface area contributed by atoms with Gasteiger partial charge in [-0.2, -0.15) is 0 Å². The Morgan fingerprint density at radius 1 is 1.03 bits per heavy atom. The molecule has 3 aromatic heterocycles. The van der Waals surface area contributed by atoms with E-state index in [4.69, 9.17) is 0 Å². The Morgan fingerprint density at radius 2 is 1.74 bits per heavy atom. The van der Waals surface area contributed by atoms with E-state index in [1.54, 1.807) is 6.33 Å². The van der Waals surface area contributed by atoms with E-state index in [1.165, 1.54) is 54.9 Å². The van der Waals surface area contributed by atoms with Crippen molar-refractivity contribution in [1.29, 1.82) is 0 Å². The van der Waals surface area contributed by atoms with Crippen LogP contribution in [-0.2, 0) is 0 Å². The third kappa shape index (κ3) is 3.80. The van der Waals surface area contributed by atoms with Gasteiger partial charge in [0, 0.05) is 27.6 Å². The SMILES string of the molecule is CCC/C(C)=C/Nc1ccc(-c2csc3c(-c4ccc5nc[nH]c5c4)csc23)cc1C. The molecule has 0 aliphatic rings. The summed E-state index contributed by atoms with van der Waals surface area (Å²) in [6.45, 7) is 6.57. The van der Waals surface area contributed by atoms with E-state index < -0.39 is 0 Å². The standard InChI is InChI=1S/C26H25N3S2/c1-4-5-16(2)12-27-22-8-6-18(10-17(22)3)20-13-30-26-21(14-31-25(20)26)19-7-9-23-24(11-19)29-15-28-23/h6-15,27H,4-5H2,1-3H3,(H,28,29)/b16-12+. The number of rotatable bonds is 6. The Labute approximate surface area is 190 Å². The number of H-pyrrole nitrogens is 1. The van der Waals surface area contributed by atoms with Gasteiger partial charge in [-0.3, -0.25) is 0 Å². The van der Waals surface area contributed by atoms with Crippen LogP contribution in [0.1, 0.15) is 32.3 Å². The maximum Gasteiger partial charge on any atom is 0.0931 e. The number of aromatic amines is 1. The van der Waals surface area contributed by atoms with E-state index in [1.807, 2.05) is 22.7 Å². The number of fused-ring (bicyclic) bond motifs is 2. The quantitative estimate of drug-likeness (QED) is 0.276. The van der Waals surface area contributed by atoms with Crippen LogP contribution in [0.2, 0.25) is 0 Å². The Balaban J connectivity index is 1.47. The van der Waals surface area contributed by atoms with Gasteiger partial charge in [0.2, 0.25) is 0 Å². The smallest absolute Gasteiger partial charge is 0.0931 e. The van der Waals surface area contributed by atoms with Crippen molar-refractivity contribution in [2.45, 2.75) is 33.6 Å². The third-order valence-electron chi connectivity index (χ3n) is 5.67. The molecule has 0 amide bonds. The predicted octanol–water partition coefficient (Wildman–Crippen LogP) is 8.60. The lowest BCUT2D eigenvalue weighted by Gasteiger charge is -2.09. The molecule has 3 nitrogen and oxygen atoms in total. The highest BCUT2D eigenvalue weighted by Gasteiger charge is 2.15. The maximum absolute atomic E-state index is 4.34. The van der Waals surface area contributed by atoms with Crippen molar-refractivity contribution < 1.29 is 0 Å². The first kappa shape index (κ1) is 20.0. The molecule has 0 radical (unpaired) electrons. The lowest BCUT2D eigenvalue weighted by Crippen LogP contribution is -1.93. The number of imidazole rings is 1. The Hall–Kier alpha value is -2.89. The summed E-state index contributed by atoms with van der Waals surface area (Å²) in [5.74, 6) is 0. The predicted molar refractivity (Wildman–Crippen MR) is 137 cm³/mol. The van der Waals surface area contributed by atoms with Crippen molar-refractivity contribution in [2.75, 3.05) is 5.32 Å². The molecule has 0 saturated heterocycles. The van der Waals surface area contributed by atoms with Crippen LogP contribution < -0.4 is 5.32 Å². The van der Waals surface area contributed by atoms with Crippen LogP contribution in [0.25, 0.3) is 42.7 Å². The molecule has 0 spiro atoms. The van der Waals surface area contributed by atoms with E-state index in [0.29, 0.717) is 0 Å². The van der Waals surface area contributed by atoms with Crippen molar-refractivity contribution in [3.8, 4) is 22.3 Å². The lowest BCUT2D eigenvalue weighted by atomic mass is 10.0. The highest BCUT2D eigenvalue weighted by atomic mass is 32.1. The summed E-state index contributed by atoms with van der Waals surface area (Å²) in [5, 5.41) is 8.06. The van der Waals surface area contributed by atoms with Gasteiger partial charge in [-0.15, -0.1) is 22.7 Å². The minimum Gasteiger partial charge on any atom is -0.362 e. The molecular formula is C26H25N3S2. The summed E-state index contributed by atoms with van der Waals surface area (Å²) in [7, 11) is 0. The Morgan fingerprint density at radius 3 is 2.45 bits per heavy atom. The monoisotopic (exact) mass is 443 g/mol. The largest absolute Gasteiger partial charge is 0.362 e. The van der Waals surface area contributed by atoms with Gasteiger partial charge in [0.15, 0.2) is 0 Å². The summed E-state index contributed by atoms with van der Waals surface area (Å²) >= 11 is 3.67. The number of anilines is 1. The number of thiophene rings is 2. The van der Waals surface area contributed by atoms with Crippen LogP contribution in [0, 0.1) is 6.92 Å². The van der Waals surface area contributed by atoms with E-state index in [9.17, 15) is 0 Å². The fourth-order valence-corrected chi connectivity index (χ4v) is 6.44. The van der Waals surface area contributed by atoms with Gasteiger partial charge in [-0.1, -0.05) is 31.1 Å². The lowest BCUT2D eigenvalue weighted by molar-refractivity contribution is 0.903. The molecule has 0 aliphatic carbocycles. The van der Waals surface area contributed by atoms with Gasteiger partial charge in [0.05, 0.1) is 26.8 Å². The zero-order chi connectivity index (χ0) is 21.4. The molecule has 0 bridgehead atoms. The van der Waals surface area contributed by atoms with Crippen LogP contribution in [-0.4, -0.2) is 9.97 Å². The molecule has 0 unspecified atom stereocenters. The first-order valence-corrected chi connectivity index (χ1v) is 12.4. The van der Waals surface area contributed by atoms with Crippen molar-refractivity contribution in [2.24, 2.45) is 0 Å². The number of hydrogen-bond donors (Lipinski definition) is 2. The number of benzene rings is 2. The number of nitrogens with zero attached hydrogens (tertiary/aromatic N) is 1. The molecule has 0 fully saturated rings. The molecule has 5 heteroatoms. The summed E-state index contributed by atoms with van der Waals surface area (Å²) in [5.41, 5.74) is 11.0. The van der Waals surface area contributed by atoms with Crippen LogP contribution >= 0.6 is 22.7 Å². The Kier molecular flexibility index (Phi) is 5.38. The number of aryl methyl sites for hydroxylation is 1. The second-order valence-electron chi connectivity index (χ2n) is 8.01. The van der Waals surface area contributed by atoms with Gasteiger partial charge < -0.3 is 10.3 Å². The van der Waals surface area contributed by atoms with Gasteiger partial charge in [0.25, 0.3) is 0 Å². The first-order valence-electron chi connectivity index (χ1n) is 10.6. The van der Waals surface area contributed by atoms with E-state index >= 15 is 0 Å². The van der Waals surface area contributed by atoms with Crippen LogP contribution in [0.15, 0.2) is 65.3 Å². The summed E-state index contributed by atoms with van der Waals surface area (Å²) < 4.78 is 2.72.